The van der Waals surface area contributed by atoms with Crippen molar-refractivity contribution in [3.8, 4) is 0 Å². The maximum absolute atomic E-state index is 12.4. The molecule has 0 aromatic heterocycles. The number of rotatable bonds is 2. The van der Waals surface area contributed by atoms with Gasteiger partial charge in [-0.1, -0.05) is 31.5 Å². The van der Waals surface area contributed by atoms with Gasteiger partial charge in [-0.05, 0) is 18.9 Å². The molecule has 0 unspecified atom stereocenters. The number of carbonyl (C=O) groups excluding carboxylic acids is 1. The minimum atomic E-state index is -0.992. The second kappa shape index (κ2) is 4.62. The molecular formula is C15H19NO3. The van der Waals surface area contributed by atoms with Crippen molar-refractivity contribution in [2.24, 2.45) is 0 Å². The van der Waals surface area contributed by atoms with Gasteiger partial charge < -0.3 is 15.2 Å². The van der Waals surface area contributed by atoms with Crippen LogP contribution in [0.5, 0.6) is 0 Å². The largest absolute Gasteiger partial charge is 0.393 e. The minimum absolute atomic E-state index is 0.0503. The molecule has 2 aliphatic rings. The maximum Gasteiger partial charge on any atom is 0.261 e. The van der Waals surface area contributed by atoms with Crippen molar-refractivity contribution in [2.45, 2.75) is 50.4 Å². The number of aliphatic hydroxyl groups excluding tert-OH is 1. The fourth-order valence-electron chi connectivity index (χ4n) is 3.21. The Kier molecular flexibility index (Phi) is 3.07. The molecule has 102 valence electrons. The highest BCUT2D eigenvalue weighted by atomic mass is 16.5. The summed E-state index contributed by atoms with van der Waals surface area (Å²) in [7, 11) is 0. The van der Waals surface area contributed by atoms with Gasteiger partial charge in [-0.3, -0.25) is 4.79 Å². The summed E-state index contributed by atoms with van der Waals surface area (Å²) in [6, 6.07) is 7.58. The average Bonchev–Trinajstić information content (AvgIpc) is 2.62. The fourth-order valence-corrected chi connectivity index (χ4v) is 3.21. The van der Waals surface area contributed by atoms with Crippen molar-refractivity contribution in [1.82, 2.24) is 0 Å². The molecule has 4 nitrogen and oxygen atoms in total. The minimum Gasteiger partial charge on any atom is -0.393 e. The van der Waals surface area contributed by atoms with E-state index in [9.17, 15) is 9.90 Å². The Morgan fingerprint density at radius 3 is 3.05 bits per heavy atom. The van der Waals surface area contributed by atoms with Gasteiger partial charge in [0, 0.05) is 17.7 Å². The van der Waals surface area contributed by atoms with E-state index in [0.29, 0.717) is 12.8 Å². The number of fused-ring (bicyclic) bond motifs is 2. The number of hydrogen-bond donors (Lipinski definition) is 2. The third-order valence-electron chi connectivity index (χ3n) is 4.01. The second-order valence-corrected chi connectivity index (χ2v) is 5.45. The first-order valence-corrected chi connectivity index (χ1v) is 6.92. The molecule has 1 fully saturated rings. The number of nitrogens with one attached hydrogen (secondary N) is 1. The van der Waals surface area contributed by atoms with Gasteiger partial charge in [-0.15, -0.1) is 0 Å². The maximum atomic E-state index is 12.4. The lowest BCUT2D eigenvalue weighted by Gasteiger charge is -2.39. The lowest BCUT2D eigenvalue weighted by atomic mass is 9.84. The molecule has 1 saturated heterocycles. The van der Waals surface area contributed by atoms with Crippen LogP contribution in [0.4, 0.5) is 5.69 Å². The third kappa shape index (κ3) is 1.95. The van der Waals surface area contributed by atoms with E-state index in [2.05, 4.69) is 12.2 Å². The van der Waals surface area contributed by atoms with Gasteiger partial charge in [-0.2, -0.15) is 0 Å². The zero-order chi connectivity index (χ0) is 13.5. The Labute approximate surface area is 112 Å². The smallest absolute Gasteiger partial charge is 0.261 e. The zero-order valence-corrected chi connectivity index (χ0v) is 11.1. The monoisotopic (exact) mass is 261 g/mol. The predicted molar refractivity (Wildman–Crippen MR) is 71.8 cm³/mol. The Hall–Kier alpha value is -1.39. The van der Waals surface area contributed by atoms with E-state index in [1.165, 1.54) is 0 Å². The molecule has 2 N–H and O–H groups in total. The van der Waals surface area contributed by atoms with Crippen LogP contribution < -0.4 is 5.32 Å². The van der Waals surface area contributed by atoms with Crippen molar-refractivity contribution in [3.63, 3.8) is 0 Å². The number of carbonyl (C=O) groups is 1. The molecule has 19 heavy (non-hydrogen) atoms. The average molecular weight is 261 g/mol. The molecule has 3 atom stereocenters. The quantitative estimate of drug-likeness (QED) is 0.857. The van der Waals surface area contributed by atoms with Crippen molar-refractivity contribution < 1.29 is 14.6 Å². The summed E-state index contributed by atoms with van der Waals surface area (Å²) >= 11 is 0. The number of amides is 1. The summed E-state index contributed by atoms with van der Waals surface area (Å²) in [6.45, 7) is 2.08. The van der Waals surface area contributed by atoms with Crippen molar-refractivity contribution in [3.05, 3.63) is 29.8 Å². The first-order chi connectivity index (χ1) is 9.15. The normalized spacial score (nSPS) is 33.3. The van der Waals surface area contributed by atoms with E-state index in [1.54, 1.807) is 0 Å². The third-order valence-corrected chi connectivity index (χ3v) is 4.01. The number of anilines is 1. The van der Waals surface area contributed by atoms with Crippen LogP contribution in [-0.4, -0.2) is 23.2 Å². The topological polar surface area (TPSA) is 58.6 Å². The van der Waals surface area contributed by atoms with Crippen LogP contribution in [0.3, 0.4) is 0 Å². The number of para-hydroxylation sites is 1. The van der Waals surface area contributed by atoms with Gasteiger partial charge in [0.2, 0.25) is 0 Å². The first kappa shape index (κ1) is 12.6. The molecule has 1 aromatic carbocycles. The highest BCUT2D eigenvalue weighted by molar-refractivity contribution is 6.05. The molecule has 1 spiro atoms. The highest BCUT2D eigenvalue weighted by Crippen LogP contribution is 2.46. The van der Waals surface area contributed by atoms with E-state index >= 15 is 0 Å². The van der Waals surface area contributed by atoms with Gasteiger partial charge in [0.15, 0.2) is 5.60 Å². The van der Waals surface area contributed by atoms with E-state index in [1.807, 2.05) is 24.3 Å². The Balaban J connectivity index is 1.99. The number of aliphatic hydroxyl groups is 1. The first-order valence-electron chi connectivity index (χ1n) is 6.92. The van der Waals surface area contributed by atoms with Gasteiger partial charge in [-0.25, -0.2) is 0 Å². The van der Waals surface area contributed by atoms with E-state index in [0.717, 1.165) is 24.1 Å². The Morgan fingerprint density at radius 1 is 1.47 bits per heavy atom. The summed E-state index contributed by atoms with van der Waals surface area (Å²) in [5.74, 6) is -0.145. The molecule has 0 saturated carbocycles. The van der Waals surface area contributed by atoms with E-state index < -0.39 is 11.7 Å². The molecule has 1 amide bonds. The lowest BCUT2D eigenvalue weighted by Crippen LogP contribution is -2.48. The van der Waals surface area contributed by atoms with Crippen LogP contribution in [0, 0.1) is 0 Å². The Morgan fingerprint density at radius 2 is 2.26 bits per heavy atom. The standard InChI is InChI=1S/C15H19NO3/c1-2-5-11-8-10(17)9-15(19-11)12-6-3-4-7-13(12)16-14(15)18/h3-4,6-7,10-11,17H,2,5,8-9H2,1H3,(H,16,18)/t10-,11-,15-/m1/s1. The SMILES string of the molecule is CCC[C@@H]1C[C@@H](O)C[C@]2(O1)C(=O)Nc1ccccc12. The zero-order valence-electron chi connectivity index (χ0n) is 11.1. The van der Waals surface area contributed by atoms with Gasteiger partial charge >= 0.3 is 0 Å². The van der Waals surface area contributed by atoms with Crippen LogP contribution in [0.25, 0.3) is 0 Å². The van der Waals surface area contributed by atoms with Gasteiger partial charge in [0.1, 0.15) is 0 Å². The molecule has 0 radical (unpaired) electrons. The van der Waals surface area contributed by atoms with Crippen molar-refractivity contribution in [2.75, 3.05) is 5.32 Å². The van der Waals surface area contributed by atoms with Gasteiger partial charge in [0.25, 0.3) is 5.91 Å². The molecule has 2 aliphatic heterocycles. The summed E-state index contributed by atoms with van der Waals surface area (Å²) in [5, 5.41) is 13.0. The van der Waals surface area contributed by atoms with Crippen LogP contribution >= 0.6 is 0 Å². The highest BCUT2D eigenvalue weighted by Gasteiger charge is 2.52. The summed E-state index contributed by atoms with van der Waals surface area (Å²) in [5.41, 5.74) is 0.672. The molecule has 0 bridgehead atoms. The van der Waals surface area contributed by atoms with Crippen molar-refractivity contribution >= 4 is 11.6 Å². The van der Waals surface area contributed by atoms with E-state index in [-0.39, 0.29) is 12.0 Å². The molecule has 4 heteroatoms. The van der Waals surface area contributed by atoms with Gasteiger partial charge in [0.05, 0.1) is 12.2 Å². The summed E-state index contributed by atoms with van der Waals surface area (Å²) in [6.07, 6.45) is 2.28. The summed E-state index contributed by atoms with van der Waals surface area (Å²) < 4.78 is 6.11. The molecule has 3 rings (SSSR count). The van der Waals surface area contributed by atoms with Crippen molar-refractivity contribution in [1.29, 1.82) is 0 Å². The number of hydrogen-bond acceptors (Lipinski definition) is 3. The predicted octanol–water partition coefficient (Wildman–Crippen LogP) is 2.17. The van der Waals surface area contributed by atoms with Crippen LogP contribution in [0.1, 0.15) is 38.2 Å². The number of benzene rings is 1. The van der Waals surface area contributed by atoms with Crippen LogP contribution in [0.2, 0.25) is 0 Å². The lowest BCUT2D eigenvalue weighted by molar-refractivity contribution is -0.178. The number of ether oxygens (including phenoxy) is 1. The van der Waals surface area contributed by atoms with Crippen LogP contribution in [-0.2, 0) is 15.1 Å². The molecule has 0 aliphatic carbocycles. The molecular weight excluding hydrogens is 242 g/mol. The fraction of sp³-hybridized carbons (Fsp3) is 0.533. The summed E-state index contributed by atoms with van der Waals surface area (Å²) in [4.78, 5) is 12.4. The second-order valence-electron chi connectivity index (χ2n) is 5.45. The van der Waals surface area contributed by atoms with E-state index in [4.69, 9.17) is 4.74 Å². The van der Waals surface area contributed by atoms with Crippen LogP contribution in [0.15, 0.2) is 24.3 Å². The Bertz CT molecular complexity index is 502. The molecule has 1 aromatic rings. The molecule has 2 heterocycles.